The first kappa shape index (κ1) is 14.5. The van der Waals surface area contributed by atoms with Gasteiger partial charge in [-0.15, -0.1) is 0 Å². The van der Waals surface area contributed by atoms with E-state index in [9.17, 15) is 4.79 Å². The van der Waals surface area contributed by atoms with Gasteiger partial charge in [0, 0.05) is 6.04 Å². The Labute approximate surface area is 105 Å². The number of nitrogens with one attached hydrogen (secondary N) is 2. The van der Waals surface area contributed by atoms with E-state index in [2.05, 4.69) is 15.5 Å². The molecule has 1 unspecified atom stereocenters. The van der Waals surface area contributed by atoms with E-state index in [1.165, 1.54) is 25.9 Å². The normalized spacial score (nSPS) is 18.6. The molecule has 1 fully saturated rings. The Morgan fingerprint density at radius 2 is 1.88 bits per heavy atom. The SMILES string of the molecule is CC(C)NC(=O)C(C)NCCCN1CCCC1. The van der Waals surface area contributed by atoms with Gasteiger partial charge < -0.3 is 15.5 Å². The Morgan fingerprint density at radius 3 is 2.47 bits per heavy atom. The van der Waals surface area contributed by atoms with Crippen molar-refractivity contribution in [3.05, 3.63) is 0 Å². The monoisotopic (exact) mass is 241 g/mol. The van der Waals surface area contributed by atoms with Gasteiger partial charge in [0.05, 0.1) is 6.04 Å². The maximum atomic E-state index is 11.6. The molecule has 4 heteroatoms. The van der Waals surface area contributed by atoms with Gasteiger partial charge in [-0.25, -0.2) is 0 Å². The van der Waals surface area contributed by atoms with Crippen LogP contribution < -0.4 is 10.6 Å². The summed E-state index contributed by atoms with van der Waals surface area (Å²) in [6.45, 7) is 10.5. The standard InChI is InChI=1S/C13H27N3O/c1-11(2)15-13(17)12(3)14-7-6-10-16-8-4-5-9-16/h11-12,14H,4-10H2,1-3H3,(H,15,17). The van der Waals surface area contributed by atoms with E-state index >= 15 is 0 Å². The Kier molecular flexibility index (Phi) is 6.52. The van der Waals surface area contributed by atoms with Crippen LogP contribution in [0.4, 0.5) is 0 Å². The highest BCUT2D eigenvalue weighted by molar-refractivity contribution is 5.81. The van der Waals surface area contributed by atoms with Crippen molar-refractivity contribution < 1.29 is 4.79 Å². The Hall–Kier alpha value is -0.610. The summed E-state index contributed by atoms with van der Waals surface area (Å²) in [7, 11) is 0. The molecule has 0 aliphatic carbocycles. The predicted octanol–water partition coefficient (Wildman–Crippen LogP) is 0.975. The first-order valence-electron chi connectivity index (χ1n) is 6.85. The number of amides is 1. The fourth-order valence-electron chi connectivity index (χ4n) is 2.13. The minimum absolute atomic E-state index is 0.0871. The second-order valence-corrected chi connectivity index (χ2v) is 5.24. The lowest BCUT2D eigenvalue weighted by Crippen LogP contribution is -2.45. The first-order valence-corrected chi connectivity index (χ1v) is 6.85. The van der Waals surface area contributed by atoms with Crippen molar-refractivity contribution in [1.29, 1.82) is 0 Å². The molecule has 1 aliphatic heterocycles. The summed E-state index contributed by atoms with van der Waals surface area (Å²) < 4.78 is 0. The van der Waals surface area contributed by atoms with Gasteiger partial charge >= 0.3 is 0 Å². The van der Waals surface area contributed by atoms with E-state index in [4.69, 9.17) is 0 Å². The van der Waals surface area contributed by atoms with E-state index in [-0.39, 0.29) is 18.0 Å². The zero-order valence-corrected chi connectivity index (χ0v) is 11.5. The van der Waals surface area contributed by atoms with Crippen molar-refractivity contribution >= 4 is 5.91 Å². The third-order valence-corrected chi connectivity index (χ3v) is 3.12. The molecule has 1 aliphatic rings. The molecule has 1 amide bonds. The van der Waals surface area contributed by atoms with Gasteiger partial charge in [0.2, 0.25) is 5.91 Å². The average molecular weight is 241 g/mol. The molecule has 0 bridgehead atoms. The van der Waals surface area contributed by atoms with Crippen LogP contribution in [0.5, 0.6) is 0 Å². The molecule has 0 aromatic rings. The van der Waals surface area contributed by atoms with Crippen LogP contribution in [-0.2, 0) is 4.79 Å². The molecule has 1 rings (SSSR count). The summed E-state index contributed by atoms with van der Waals surface area (Å²) in [5, 5.41) is 6.19. The van der Waals surface area contributed by atoms with Crippen LogP contribution in [0.25, 0.3) is 0 Å². The van der Waals surface area contributed by atoms with Crippen molar-refractivity contribution in [2.24, 2.45) is 0 Å². The number of carbonyl (C=O) groups excluding carboxylic acids is 1. The van der Waals surface area contributed by atoms with E-state index < -0.39 is 0 Å². The third kappa shape index (κ3) is 6.03. The van der Waals surface area contributed by atoms with Crippen LogP contribution in [-0.4, -0.2) is 49.1 Å². The highest BCUT2D eigenvalue weighted by Crippen LogP contribution is 2.06. The van der Waals surface area contributed by atoms with Gasteiger partial charge in [-0.2, -0.15) is 0 Å². The van der Waals surface area contributed by atoms with Gasteiger partial charge in [-0.3, -0.25) is 4.79 Å². The summed E-state index contributed by atoms with van der Waals surface area (Å²) >= 11 is 0. The minimum atomic E-state index is -0.0871. The lowest BCUT2D eigenvalue weighted by Gasteiger charge is -2.18. The molecule has 1 atom stereocenters. The van der Waals surface area contributed by atoms with E-state index in [0.717, 1.165) is 19.5 Å². The first-order chi connectivity index (χ1) is 8.09. The molecule has 100 valence electrons. The van der Waals surface area contributed by atoms with Gasteiger partial charge in [-0.05, 0) is 66.2 Å². The Bertz CT molecular complexity index is 225. The van der Waals surface area contributed by atoms with Crippen molar-refractivity contribution in [3.8, 4) is 0 Å². The smallest absolute Gasteiger partial charge is 0.237 e. The van der Waals surface area contributed by atoms with Crippen molar-refractivity contribution in [2.75, 3.05) is 26.2 Å². The number of hydrogen-bond donors (Lipinski definition) is 2. The molecule has 1 saturated heterocycles. The van der Waals surface area contributed by atoms with Crippen molar-refractivity contribution in [1.82, 2.24) is 15.5 Å². The molecule has 0 aromatic heterocycles. The second-order valence-electron chi connectivity index (χ2n) is 5.24. The van der Waals surface area contributed by atoms with E-state index in [1.54, 1.807) is 0 Å². The molecule has 4 nitrogen and oxygen atoms in total. The van der Waals surface area contributed by atoms with Crippen LogP contribution in [0.15, 0.2) is 0 Å². The zero-order chi connectivity index (χ0) is 12.7. The number of likely N-dealkylation sites (tertiary alicyclic amines) is 1. The molecular weight excluding hydrogens is 214 g/mol. The highest BCUT2D eigenvalue weighted by atomic mass is 16.2. The highest BCUT2D eigenvalue weighted by Gasteiger charge is 2.13. The van der Waals surface area contributed by atoms with E-state index in [0.29, 0.717) is 0 Å². The summed E-state index contributed by atoms with van der Waals surface area (Å²) in [6.07, 6.45) is 3.82. The molecule has 0 radical (unpaired) electrons. The van der Waals surface area contributed by atoms with Crippen LogP contribution in [0.3, 0.4) is 0 Å². The predicted molar refractivity (Wildman–Crippen MR) is 71.0 cm³/mol. The number of hydrogen-bond acceptors (Lipinski definition) is 3. The maximum Gasteiger partial charge on any atom is 0.237 e. The second kappa shape index (κ2) is 7.67. The van der Waals surface area contributed by atoms with Crippen LogP contribution in [0, 0.1) is 0 Å². The molecule has 0 spiro atoms. The summed E-state index contributed by atoms with van der Waals surface area (Å²) in [5.41, 5.74) is 0. The van der Waals surface area contributed by atoms with Gasteiger partial charge in [0.1, 0.15) is 0 Å². The largest absolute Gasteiger partial charge is 0.353 e. The summed E-state index contributed by atoms with van der Waals surface area (Å²) in [4.78, 5) is 14.1. The quantitative estimate of drug-likeness (QED) is 0.653. The molecular formula is C13H27N3O. The Balaban J connectivity index is 2.02. The number of nitrogens with zero attached hydrogens (tertiary/aromatic N) is 1. The molecule has 0 aromatic carbocycles. The number of carbonyl (C=O) groups is 1. The van der Waals surface area contributed by atoms with Crippen LogP contribution >= 0.6 is 0 Å². The topological polar surface area (TPSA) is 44.4 Å². The molecule has 2 N–H and O–H groups in total. The molecule has 0 saturated carbocycles. The lowest BCUT2D eigenvalue weighted by atomic mass is 10.2. The van der Waals surface area contributed by atoms with Crippen LogP contribution in [0.1, 0.15) is 40.0 Å². The van der Waals surface area contributed by atoms with Gasteiger partial charge in [0.25, 0.3) is 0 Å². The molecule has 17 heavy (non-hydrogen) atoms. The zero-order valence-electron chi connectivity index (χ0n) is 11.5. The van der Waals surface area contributed by atoms with Gasteiger partial charge in [-0.1, -0.05) is 0 Å². The Morgan fingerprint density at radius 1 is 1.24 bits per heavy atom. The fourth-order valence-corrected chi connectivity index (χ4v) is 2.13. The van der Waals surface area contributed by atoms with Crippen molar-refractivity contribution in [3.63, 3.8) is 0 Å². The lowest BCUT2D eigenvalue weighted by molar-refractivity contribution is -0.123. The van der Waals surface area contributed by atoms with Gasteiger partial charge in [0.15, 0.2) is 0 Å². The third-order valence-electron chi connectivity index (χ3n) is 3.12. The van der Waals surface area contributed by atoms with Crippen LogP contribution in [0.2, 0.25) is 0 Å². The van der Waals surface area contributed by atoms with Crippen molar-refractivity contribution in [2.45, 2.75) is 52.1 Å². The summed E-state index contributed by atoms with van der Waals surface area (Å²) in [5.74, 6) is 0.0983. The average Bonchev–Trinajstić information content (AvgIpc) is 2.75. The maximum absolute atomic E-state index is 11.6. The minimum Gasteiger partial charge on any atom is -0.353 e. The fraction of sp³-hybridized carbons (Fsp3) is 0.923. The molecule has 1 heterocycles. The summed E-state index contributed by atoms with van der Waals surface area (Å²) in [6, 6.07) is 0.132. The van der Waals surface area contributed by atoms with E-state index in [1.807, 2.05) is 20.8 Å². The number of rotatable bonds is 7.